The molecular formula is C8H10IN3S. The first-order valence-electron chi connectivity index (χ1n) is 4.16. The van der Waals surface area contributed by atoms with Gasteiger partial charge in [-0.25, -0.2) is 9.97 Å². The molecule has 2 heterocycles. The van der Waals surface area contributed by atoms with Gasteiger partial charge in [0.05, 0.1) is 0 Å². The predicted molar refractivity (Wildman–Crippen MR) is 64.3 cm³/mol. The lowest BCUT2D eigenvalue weighted by Crippen LogP contribution is -2.33. The summed E-state index contributed by atoms with van der Waals surface area (Å²) >= 11 is 4.22. The summed E-state index contributed by atoms with van der Waals surface area (Å²) < 4.78 is 1.09. The van der Waals surface area contributed by atoms with E-state index in [1.54, 1.807) is 0 Å². The lowest BCUT2D eigenvalue weighted by Gasteiger charge is -2.25. The van der Waals surface area contributed by atoms with Crippen LogP contribution in [0.25, 0.3) is 0 Å². The maximum absolute atomic E-state index is 4.30. The van der Waals surface area contributed by atoms with E-state index in [0.717, 1.165) is 22.6 Å². The number of halogens is 1. The van der Waals surface area contributed by atoms with E-state index < -0.39 is 0 Å². The van der Waals surface area contributed by atoms with Crippen LogP contribution in [-0.4, -0.2) is 34.6 Å². The molecule has 0 unspecified atom stereocenters. The van der Waals surface area contributed by atoms with Crippen molar-refractivity contribution < 1.29 is 0 Å². The smallest absolute Gasteiger partial charge is 0.225 e. The molecular weight excluding hydrogens is 297 g/mol. The Hall–Kier alpha value is -0.0400. The van der Waals surface area contributed by atoms with Crippen LogP contribution in [0, 0.1) is 3.57 Å². The standard InChI is InChI=1S/C8H10IN3S/c9-7-5-10-8(11-6-7)12-1-3-13-4-2-12/h5-6H,1-4H2. The van der Waals surface area contributed by atoms with Crippen molar-refractivity contribution in [3.63, 3.8) is 0 Å². The fraction of sp³-hybridized carbons (Fsp3) is 0.500. The van der Waals surface area contributed by atoms with Gasteiger partial charge in [-0.15, -0.1) is 0 Å². The van der Waals surface area contributed by atoms with Crippen LogP contribution in [0.5, 0.6) is 0 Å². The molecule has 1 aliphatic heterocycles. The molecule has 0 bridgehead atoms. The van der Waals surface area contributed by atoms with Crippen LogP contribution in [0.2, 0.25) is 0 Å². The molecule has 1 aliphatic rings. The number of rotatable bonds is 1. The lowest BCUT2D eigenvalue weighted by molar-refractivity contribution is 0.814. The molecule has 3 nitrogen and oxygen atoms in total. The fourth-order valence-electron chi connectivity index (χ4n) is 1.23. The zero-order valence-electron chi connectivity index (χ0n) is 7.11. The number of nitrogens with zero attached hydrogens (tertiary/aromatic N) is 3. The summed E-state index contributed by atoms with van der Waals surface area (Å²) in [4.78, 5) is 10.8. The van der Waals surface area contributed by atoms with Gasteiger partial charge in [0.1, 0.15) is 0 Å². The number of hydrogen-bond donors (Lipinski definition) is 0. The maximum Gasteiger partial charge on any atom is 0.225 e. The number of aromatic nitrogens is 2. The summed E-state index contributed by atoms with van der Waals surface area (Å²) in [5.41, 5.74) is 0. The molecule has 0 atom stereocenters. The molecule has 0 amide bonds. The molecule has 70 valence electrons. The highest BCUT2D eigenvalue weighted by Crippen LogP contribution is 2.14. The lowest BCUT2D eigenvalue weighted by atomic mass is 10.5. The second kappa shape index (κ2) is 4.45. The van der Waals surface area contributed by atoms with Gasteiger partial charge >= 0.3 is 0 Å². The Labute approximate surface area is 95.5 Å². The summed E-state index contributed by atoms with van der Waals surface area (Å²) in [6.45, 7) is 2.15. The SMILES string of the molecule is Ic1cnc(N2CCSCC2)nc1. The Bertz CT molecular complexity index is 271. The van der Waals surface area contributed by atoms with E-state index in [1.807, 2.05) is 24.2 Å². The van der Waals surface area contributed by atoms with Gasteiger partial charge in [-0.05, 0) is 22.6 Å². The average molecular weight is 307 g/mol. The summed E-state index contributed by atoms with van der Waals surface area (Å²) in [5.74, 6) is 3.26. The van der Waals surface area contributed by atoms with Crippen LogP contribution in [-0.2, 0) is 0 Å². The van der Waals surface area contributed by atoms with Crippen molar-refractivity contribution in [2.45, 2.75) is 0 Å². The van der Waals surface area contributed by atoms with Crippen LogP contribution in [0.3, 0.4) is 0 Å². The van der Waals surface area contributed by atoms with Gasteiger partial charge < -0.3 is 4.90 Å². The molecule has 0 aromatic carbocycles. The number of anilines is 1. The first-order chi connectivity index (χ1) is 6.36. The Balaban J connectivity index is 2.10. The molecule has 13 heavy (non-hydrogen) atoms. The molecule has 0 N–H and O–H groups in total. The zero-order valence-corrected chi connectivity index (χ0v) is 10.1. The van der Waals surface area contributed by atoms with E-state index in [-0.39, 0.29) is 0 Å². The van der Waals surface area contributed by atoms with Crippen LogP contribution < -0.4 is 4.90 Å². The molecule has 5 heteroatoms. The highest BCUT2D eigenvalue weighted by Gasteiger charge is 2.12. The first-order valence-corrected chi connectivity index (χ1v) is 6.40. The monoisotopic (exact) mass is 307 g/mol. The molecule has 0 aliphatic carbocycles. The van der Waals surface area contributed by atoms with E-state index in [4.69, 9.17) is 0 Å². The minimum Gasteiger partial charge on any atom is -0.339 e. The Morgan fingerprint density at radius 1 is 1.23 bits per heavy atom. The summed E-state index contributed by atoms with van der Waals surface area (Å²) in [7, 11) is 0. The molecule has 1 fully saturated rings. The molecule has 1 saturated heterocycles. The predicted octanol–water partition coefficient (Wildman–Crippen LogP) is 1.63. The Kier molecular flexibility index (Phi) is 3.26. The molecule has 2 rings (SSSR count). The third-order valence-electron chi connectivity index (χ3n) is 1.90. The summed E-state index contributed by atoms with van der Waals surface area (Å²) in [6, 6.07) is 0. The maximum atomic E-state index is 4.30. The molecule has 0 spiro atoms. The minimum absolute atomic E-state index is 0.876. The third kappa shape index (κ3) is 2.46. The van der Waals surface area contributed by atoms with E-state index in [1.165, 1.54) is 11.5 Å². The largest absolute Gasteiger partial charge is 0.339 e. The Morgan fingerprint density at radius 2 is 1.85 bits per heavy atom. The van der Waals surface area contributed by atoms with E-state index in [9.17, 15) is 0 Å². The van der Waals surface area contributed by atoms with E-state index in [2.05, 4.69) is 37.5 Å². The van der Waals surface area contributed by atoms with Crippen LogP contribution in [0.1, 0.15) is 0 Å². The Morgan fingerprint density at radius 3 is 2.46 bits per heavy atom. The van der Waals surface area contributed by atoms with Crippen molar-refractivity contribution >= 4 is 40.3 Å². The van der Waals surface area contributed by atoms with Crippen molar-refractivity contribution in [3.05, 3.63) is 16.0 Å². The summed E-state index contributed by atoms with van der Waals surface area (Å²) in [6.07, 6.45) is 3.73. The molecule has 0 radical (unpaired) electrons. The van der Waals surface area contributed by atoms with Crippen LogP contribution in [0.4, 0.5) is 5.95 Å². The molecule has 1 aromatic rings. The third-order valence-corrected chi connectivity index (χ3v) is 3.40. The van der Waals surface area contributed by atoms with Gasteiger partial charge in [-0.2, -0.15) is 11.8 Å². The van der Waals surface area contributed by atoms with Gasteiger partial charge in [-0.1, -0.05) is 0 Å². The normalized spacial score (nSPS) is 17.5. The van der Waals surface area contributed by atoms with E-state index >= 15 is 0 Å². The average Bonchev–Trinajstić information content (AvgIpc) is 2.20. The van der Waals surface area contributed by atoms with E-state index in [0.29, 0.717) is 0 Å². The quantitative estimate of drug-likeness (QED) is 0.738. The molecule has 0 saturated carbocycles. The highest BCUT2D eigenvalue weighted by molar-refractivity contribution is 14.1. The van der Waals surface area contributed by atoms with Crippen molar-refractivity contribution in [1.82, 2.24) is 9.97 Å². The van der Waals surface area contributed by atoms with Gasteiger partial charge in [0, 0.05) is 40.6 Å². The number of thioether (sulfide) groups is 1. The van der Waals surface area contributed by atoms with Gasteiger partial charge in [-0.3, -0.25) is 0 Å². The fourth-order valence-corrected chi connectivity index (χ4v) is 2.41. The number of hydrogen-bond acceptors (Lipinski definition) is 4. The van der Waals surface area contributed by atoms with Gasteiger partial charge in [0.25, 0.3) is 0 Å². The first kappa shape index (κ1) is 9.51. The van der Waals surface area contributed by atoms with Gasteiger partial charge in [0.2, 0.25) is 5.95 Å². The van der Waals surface area contributed by atoms with Crippen molar-refractivity contribution in [3.8, 4) is 0 Å². The van der Waals surface area contributed by atoms with Gasteiger partial charge in [0.15, 0.2) is 0 Å². The van der Waals surface area contributed by atoms with Crippen molar-refractivity contribution in [2.75, 3.05) is 29.5 Å². The van der Waals surface area contributed by atoms with Crippen molar-refractivity contribution in [2.24, 2.45) is 0 Å². The van der Waals surface area contributed by atoms with Crippen LogP contribution in [0.15, 0.2) is 12.4 Å². The summed E-state index contributed by atoms with van der Waals surface area (Å²) in [5, 5.41) is 0. The second-order valence-electron chi connectivity index (χ2n) is 2.80. The van der Waals surface area contributed by atoms with Crippen LogP contribution >= 0.6 is 34.4 Å². The zero-order chi connectivity index (χ0) is 9.10. The highest BCUT2D eigenvalue weighted by atomic mass is 127. The topological polar surface area (TPSA) is 29.0 Å². The second-order valence-corrected chi connectivity index (χ2v) is 5.27. The van der Waals surface area contributed by atoms with Crippen molar-refractivity contribution in [1.29, 1.82) is 0 Å². The minimum atomic E-state index is 0.876. The molecule has 1 aromatic heterocycles.